The van der Waals surface area contributed by atoms with Gasteiger partial charge in [-0.05, 0) is 43.3 Å². The summed E-state index contributed by atoms with van der Waals surface area (Å²) in [4.78, 5) is 24.8. The molecule has 0 aliphatic heterocycles. The van der Waals surface area contributed by atoms with Crippen LogP contribution in [-0.2, 0) is 11.8 Å². The van der Waals surface area contributed by atoms with E-state index in [0.717, 1.165) is 0 Å². The molecule has 2 amide bonds. The molecular formula is C21H21Cl2N5O3S. The van der Waals surface area contributed by atoms with Crippen LogP contribution in [0.5, 0.6) is 5.75 Å². The summed E-state index contributed by atoms with van der Waals surface area (Å²) in [5.41, 5.74) is 0.948. The zero-order chi connectivity index (χ0) is 23.3. The number of halogens is 2. The second-order valence-electron chi connectivity index (χ2n) is 6.76. The van der Waals surface area contributed by atoms with Gasteiger partial charge in [-0.3, -0.25) is 9.59 Å². The Bertz CT molecular complexity index is 1120. The predicted molar refractivity (Wildman–Crippen MR) is 126 cm³/mol. The van der Waals surface area contributed by atoms with Gasteiger partial charge in [0, 0.05) is 12.6 Å². The molecule has 0 bridgehead atoms. The van der Waals surface area contributed by atoms with E-state index in [-0.39, 0.29) is 22.6 Å². The van der Waals surface area contributed by atoms with Crippen molar-refractivity contribution in [1.29, 1.82) is 0 Å². The number of anilines is 1. The van der Waals surface area contributed by atoms with E-state index >= 15 is 0 Å². The molecule has 11 heteroatoms. The van der Waals surface area contributed by atoms with Crippen LogP contribution < -0.4 is 15.4 Å². The highest BCUT2D eigenvalue weighted by molar-refractivity contribution is 7.99. The van der Waals surface area contributed by atoms with Gasteiger partial charge in [0.1, 0.15) is 5.75 Å². The average molecular weight is 494 g/mol. The third-order valence-corrected chi connectivity index (χ3v) is 6.35. The van der Waals surface area contributed by atoms with Crippen molar-refractivity contribution in [3.63, 3.8) is 0 Å². The van der Waals surface area contributed by atoms with Crippen molar-refractivity contribution in [3.8, 4) is 5.75 Å². The quantitative estimate of drug-likeness (QED) is 0.452. The van der Waals surface area contributed by atoms with Gasteiger partial charge in [-0.25, -0.2) is 0 Å². The monoisotopic (exact) mass is 493 g/mol. The lowest BCUT2D eigenvalue weighted by Crippen LogP contribution is -2.28. The first kappa shape index (κ1) is 23.9. The van der Waals surface area contributed by atoms with E-state index in [1.54, 1.807) is 61.2 Å². The van der Waals surface area contributed by atoms with E-state index in [0.29, 0.717) is 33.0 Å². The Labute approximate surface area is 199 Å². The van der Waals surface area contributed by atoms with Crippen molar-refractivity contribution in [2.24, 2.45) is 7.05 Å². The summed E-state index contributed by atoms with van der Waals surface area (Å²) in [7, 11) is 3.34. The third kappa shape index (κ3) is 5.73. The van der Waals surface area contributed by atoms with Crippen LogP contribution in [0.15, 0.2) is 47.6 Å². The lowest BCUT2D eigenvalue weighted by molar-refractivity contribution is -0.113. The second-order valence-corrected chi connectivity index (χ2v) is 8.49. The van der Waals surface area contributed by atoms with E-state index in [9.17, 15) is 9.59 Å². The van der Waals surface area contributed by atoms with Crippen LogP contribution in [0.2, 0.25) is 10.0 Å². The van der Waals surface area contributed by atoms with Gasteiger partial charge >= 0.3 is 0 Å². The Balaban J connectivity index is 1.58. The van der Waals surface area contributed by atoms with Crippen molar-refractivity contribution in [3.05, 3.63) is 63.9 Å². The molecule has 0 radical (unpaired) electrons. The van der Waals surface area contributed by atoms with Gasteiger partial charge in [0.25, 0.3) is 5.91 Å². The number of aromatic nitrogens is 3. The third-order valence-electron chi connectivity index (χ3n) is 4.51. The highest BCUT2D eigenvalue weighted by Crippen LogP contribution is 2.29. The molecule has 3 aromatic rings. The summed E-state index contributed by atoms with van der Waals surface area (Å²) in [6.07, 6.45) is 0. The minimum absolute atomic E-state index is 0.0986. The fraction of sp³-hybridized carbons (Fsp3) is 0.238. The summed E-state index contributed by atoms with van der Waals surface area (Å²) in [5, 5.41) is 15.1. The van der Waals surface area contributed by atoms with Gasteiger partial charge in [-0.15, -0.1) is 10.2 Å². The Kier molecular flexibility index (Phi) is 8.00. The number of hydrogen-bond acceptors (Lipinski definition) is 6. The van der Waals surface area contributed by atoms with Crippen LogP contribution in [-0.4, -0.2) is 39.4 Å². The number of amides is 2. The fourth-order valence-corrected chi connectivity index (χ4v) is 3.90. The Morgan fingerprint density at radius 3 is 2.56 bits per heavy atom. The first-order valence-corrected chi connectivity index (χ1v) is 11.2. The van der Waals surface area contributed by atoms with E-state index in [2.05, 4.69) is 20.8 Å². The highest BCUT2D eigenvalue weighted by atomic mass is 35.5. The Hall–Kier alpha value is -2.75. The zero-order valence-corrected chi connectivity index (χ0v) is 19.9. The number of carbonyl (C=O) groups excluding carboxylic acids is 2. The standard InChI is InChI=1S/C21H21Cl2N5O3S/c1-12(24-20(30)13-7-9-14(31-3)10-8-13)19-26-27-21(28(19)2)32-11-17(29)25-16-6-4-5-15(22)18(16)23/h4-10,12H,11H2,1-3H3,(H,24,30)(H,25,29)/t12-/m1/s1. The van der Waals surface area contributed by atoms with E-state index < -0.39 is 6.04 Å². The Morgan fingerprint density at radius 2 is 1.88 bits per heavy atom. The maximum absolute atomic E-state index is 12.5. The van der Waals surface area contributed by atoms with Crippen molar-refractivity contribution in [2.45, 2.75) is 18.1 Å². The highest BCUT2D eigenvalue weighted by Gasteiger charge is 2.19. The van der Waals surface area contributed by atoms with Gasteiger partial charge in [-0.1, -0.05) is 41.0 Å². The molecule has 0 fully saturated rings. The summed E-state index contributed by atoms with van der Waals surface area (Å²) in [6, 6.07) is 11.4. The number of ether oxygens (including phenoxy) is 1. The topological polar surface area (TPSA) is 98.1 Å². The van der Waals surface area contributed by atoms with Crippen molar-refractivity contribution in [2.75, 3.05) is 18.2 Å². The SMILES string of the molecule is COc1ccc(C(=O)N[C@H](C)c2nnc(SCC(=O)Nc3cccc(Cl)c3Cl)n2C)cc1. The van der Waals surface area contributed by atoms with Crippen molar-refractivity contribution < 1.29 is 14.3 Å². The molecule has 3 rings (SSSR count). The van der Waals surface area contributed by atoms with Gasteiger partial charge in [0.2, 0.25) is 5.91 Å². The normalized spacial score (nSPS) is 11.7. The first-order valence-electron chi connectivity index (χ1n) is 9.51. The molecule has 2 N–H and O–H groups in total. The lowest BCUT2D eigenvalue weighted by Gasteiger charge is -2.14. The molecule has 0 aliphatic rings. The molecule has 0 spiro atoms. The number of rotatable bonds is 8. The smallest absolute Gasteiger partial charge is 0.251 e. The molecule has 8 nitrogen and oxygen atoms in total. The minimum atomic E-state index is -0.393. The maximum Gasteiger partial charge on any atom is 0.251 e. The number of nitrogens with one attached hydrogen (secondary N) is 2. The van der Waals surface area contributed by atoms with Gasteiger partial charge in [0.15, 0.2) is 11.0 Å². The molecule has 0 saturated heterocycles. The van der Waals surface area contributed by atoms with Crippen LogP contribution in [0, 0.1) is 0 Å². The van der Waals surface area contributed by atoms with Crippen LogP contribution in [0.25, 0.3) is 0 Å². The van der Waals surface area contributed by atoms with E-state index in [1.807, 2.05) is 6.92 Å². The molecule has 2 aromatic carbocycles. The summed E-state index contributed by atoms with van der Waals surface area (Å²) >= 11 is 13.3. The molecular weight excluding hydrogens is 473 g/mol. The average Bonchev–Trinajstić information content (AvgIpc) is 3.16. The maximum atomic E-state index is 12.5. The van der Waals surface area contributed by atoms with Crippen molar-refractivity contribution in [1.82, 2.24) is 20.1 Å². The Morgan fingerprint density at radius 1 is 1.16 bits per heavy atom. The summed E-state index contributed by atoms with van der Waals surface area (Å²) in [6.45, 7) is 1.81. The van der Waals surface area contributed by atoms with Crippen molar-refractivity contribution >= 4 is 52.5 Å². The molecule has 1 aromatic heterocycles. The zero-order valence-electron chi connectivity index (χ0n) is 17.6. The number of thioether (sulfide) groups is 1. The van der Waals surface area contributed by atoms with Crippen LogP contribution >= 0.6 is 35.0 Å². The molecule has 168 valence electrons. The number of methoxy groups -OCH3 is 1. The summed E-state index contributed by atoms with van der Waals surface area (Å²) in [5.74, 6) is 0.833. The largest absolute Gasteiger partial charge is 0.497 e. The number of carbonyl (C=O) groups is 2. The van der Waals surface area contributed by atoms with Gasteiger partial charge < -0.3 is 19.9 Å². The molecule has 0 aliphatic carbocycles. The second kappa shape index (κ2) is 10.7. The lowest BCUT2D eigenvalue weighted by atomic mass is 10.2. The van der Waals surface area contributed by atoms with Gasteiger partial charge in [-0.2, -0.15) is 0 Å². The summed E-state index contributed by atoms with van der Waals surface area (Å²) < 4.78 is 6.84. The number of hydrogen-bond donors (Lipinski definition) is 2. The van der Waals surface area contributed by atoms with Crippen LogP contribution in [0.3, 0.4) is 0 Å². The molecule has 0 saturated carbocycles. The van der Waals surface area contributed by atoms with Crippen LogP contribution in [0.1, 0.15) is 29.1 Å². The molecule has 32 heavy (non-hydrogen) atoms. The minimum Gasteiger partial charge on any atom is -0.497 e. The molecule has 1 atom stereocenters. The molecule has 0 unspecified atom stereocenters. The predicted octanol–water partition coefficient (Wildman–Crippen LogP) is 4.35. The van der Waals surface area contributed by atoms with E-state index in [1.165, 1.54) is 11.8 Å². The molecule has 1 heterocycles. The first-order chi connectivity index (χ1) is 15.3. The fourth-order valence-electron chi connectivity index (χ4n) is 2.83. The number of nitrogens with zero attached hydrogens (tertiary/aromatic N) is 3. The van der Waals surface area contributed by atoms with Gasteiger partial charge in [0.05, 0.1) is 34.6 Å². The van der Waals surface area contributed by atoms with E-state index in [4.69, 9.17) is 27.9 Å². The van der Waals surface area contributed by atoms with Crippen LogP contribution in [0.4, 0.5) is 5.69 Å². The number of benzene rings is 2.